The number of phenols is 1. The summed E-state index contributed by atoms with van der Waals surface area (Å²) in [5, 5.41) is 9.46. The molecule has 1 aromatic carbocycles. The molecule has 3 nitrogen and oxygen atoms in total. The molecule has 0 spiro atoms. The molecule has 0 unspecified atom stereocenters. The molecule has 3 heteroatoms. The van der Waals surface area contributed by atoms with E-state index < -0.39 is 0 Å². The quantitative estimate of drug-likeness (QED) is 0.784. The van der Waals surface area contributed by atoms with Crippen molar-refractivity contribution in [1.82, 2.24) is 0 Å². The number of aryl methyl sites for hydroxylation is 1. The summed E-state index contributed by atoms with van der Waals surface area (Å²) in [7, 11) is 0. The van der Waals surface area contributed by atoms with Crippen LogP contribution in [0.15, 0.2) is 29.4 Å². The van der Waals surface area contributed by atoms with Gasteiger partial charge in [-0.1, -0.05) is 19.9 Å². The maximum atomic E-state index is 9.46. The summed E-state index contributed by atoms with van der Waals surface area (Å²) < 4.78 is 0. The Balaban J connectivity index is 2.88. The molecule has 0 saturated heterocycles. The summed E-state index contributed by atoms with van der Waals surface area (Å²) >= 11 is 0. The second-order valence-electron chi connectivity index (χ2n) is 4.51. The van der Waals surface area contributed by atoms with E-state index in [2.05, 4.69) is 18.8 Å². The molecule has 0 aliphatic rings. The average Bonchev–Trinajstić information content (AvgIpc) is 2.28. The Kier molecular flexibility index (Phi) is 4.76. The number of phenolic OH excluding ortho intramolecular Hbond substituents is 1. The van der Waals surface area contributed by atoms with Crippen molar-refractivity contribution < 1.29 is 5.11 Å². The molecule has 0 bridgehead atoms. The number of hydrogen-bond acceptors (Lipinski definition) is 3. The van der Waals surface area contributed by atoms with Crippen LogP contribution in [0.25, 0.3) is 5.57 Å². The largest absolute Gasteiger partial charge is 0.508 e. The first-order valence-electron chi connectivity index (χ1n) is 5.76. The third-order valence-corrected chi connectivity index (χ3v) is 2.41. The molecule has 0 saturated carbocycles. The second kappa shape index (κ2) is 6.09. The SMILES string of the molecule is Cc1cc(C(C=NCC(C)C)=CN)ccc1O. The zero-order valence-corrected chi connectivity index (χ0v) is 10.6. The molecule has 0 aliphatic carbocycles. The van der Waals surface area contributed by atoms with Crippen molar-refractivity contribution in [2.75, 3.05) is 6.54 Å². The number of benzene rings is 1. The fourth-order valence-corrected chi connectivity index (χ4v) is 1.41. The maximum Gasteiger partial charge on any atom is 0.118 e. The van der Waals surface area contributed by atoms with Gasteiger partial charge >= 0.3 is 0 Å². The van der Waals surface area contributed by atoms with Gasteiger partial charge in [-0.2, -0.15) is 0 Å². The lowest BCUT2D eigenvalue weighted by Gasteiger charge is -2.05. The summed E-state index contributed by atoms with van der Waals surface area (Å²) in [5.74, 6) is 0.830. The number of allylic oxidation sites excluding steroid dienone is 1. The van der Waals surface area contributed by atoms with Crippen molar-refractivity contribution in [2.45, 2.75) is 20.8 Å². The Hall–Kier alpha value is -1.77. The van der Waals surface area contributed by atoms with Crippen LogP contribution in [0.3, 0.4) is 0 Å². The summed E-state index contributed by atoms with van der Waals surface area (Å²) in [6.45, 7) is 6.88. The Labute approximate surface area is 103 Å². The van der Waals surface area contributed by atoms with Gasteiger partial charge < -0.3 is 10.8 Å². The minimum atomic E-state index is 0.296. The molecule has 1 rings (SSSR count). The van der Waals surface area contributed by atoms with Crippen LogP contribution in [0.5, 0.6) is 5.75 Å². The number of nitrogens with two attached hydrogens (primary N) is 1. The van der Waals surface area contributed by atoms with Gasteiger partial charge in [-0.25, -0.2) is 0 Å². The van der Waals surface area contributed by atoms with Crippen molar-refractivity contribution in [3.8, 4) is 5.75 Å². The van der Waals surface area contributed by atoms with E-state index in [0.717, 1.165) is 23.2 Å². The Bertz CT molecular complexity index is 434. The number of nitrogens with zero attached hydrogens (tertiary/aromatic N) is 1. The third-order valence-electron chi connectivity index (χ3n) is 2.41. The van der Waals surface area contributed by atoms with E-state index in [0.29, 0.717) is 11.7 Å². The van der Waals surface area contributed by atoms with Crippen LogP contribution in [-0.4, -0.2) is 17.9 Å². The predicted octanol–water partition coefficient (Wildman–Crippen LogP) is 2.73. The summed E-state index contributed by atoms with van der Waals surface area (Å²) in [6.07, 6.45) is 3.32. The molecule has 92 valence electrons. The van der Waals surface area contributed by atoms with E-state index in [1.54, 1.807) is 12.3 Å². The van der Waals surface area contributed by atoms with E-state index in [1.165, 1.54) is 6.20 Å². The van der Waals surface area contributed by atoms with Crippen LogP contribution in [0.1, 0.15) is 25.0 Å². The fraction of sp³-hybridized carbons (Fsp3) is 0.357. The Morgan fingerprint density at radius 2 is 2.18 bits per heavy atom. The van der Waals surface area contributed by atoms with Gasteiger partial charge in [0, 0.05) is 24.5 Å². The molecular weight excluding hydrogens is 212 g/mol. The molecule has 17 heavy (non-hydrogen) atoms. The molecule has 0 aromatic heterocycles. The highest BCUT2D eigenvalue weighted by Crippen LogP contribution is 2.21. The molecule has 0 fully saturated rings. The van der Waals surface area contributed by atoms with Gasteiger partial charge in [0.05, 0.1) is 0 Å². The Morgan fingerprint density at radius 3 is 2.71 bits per heavy atom. The molecule has 0 heterocycles. The van der Waals surface area contributed by atoms with Gasteiger partial charge in [0.25, 0.3) is 0 Å². The highest BCUT2D eigenvalue weighted by molar-refractivity contribution is 6.09. The molecule has 3 N–H and O–H groups in total. The highest BCUT2D eigenvalue weighted by Gasteiger charge is 2.01. The van der Waals surface area contributed by atoms with E-state index >= 15 is 0 Å². The number of aliphatic imine (C=N–C) groups is 1. The normalized spacial score (nSPS) is 12.6. The lowest BCUT2D eigenvalue weighted by atomic mass is 10.0. The van der Waals surface area contributed by atoms with Gasteiger partial charge in [-0.3, -0.25) is 4.99 Å². The number of hydrogen-bond donors (Lipinski definition) is 2. The molecule has 0 radical (unpaired) electrons. The van der Waals surface area contributed by atoms with Crippen LogP contribution in [-0.2, 0) is 0 Å². The van der Waals surface area contributed by atoms with Crippen LogP contribution < -0.4 is 5.73 Å². The van der Waals surface area contributed by atoms with Gasteiger partial charge in [0.15, 0.2) is 0 Å². The van der Waals surface area contributed by atoms with Crippen LogP contribution >= 0.6 is 0 Å². The predicted molar refractivity (Wildman–Crippen MR) is 73.2 cm³/mol. The Morgan fingerprint density at radius 1 is 1.47 bits per heavy atom. The van der Waals surface area contributed by atoms with Crippen molar-refractivity contribution in [2.24, 2.45) is 16.6 Å². The first-order valence-corrected chi connectivity index (χ1v) is 5.76. The highest BCUT2D eigenvalue weighted by atomic mass is 16.3. The lowest BCUT2D eigenvalue weighted by Crippen LogP contribution is -1.96. The van der Waals surface area contributed by atoms with Crippen LogP contribution in [0.2, 0.25) is 0 Å². The van der Waals surface area contributed by atoms with Gasteiger partial charge in [0.2, 0.25) is 0 Å². The smallest absolute Gasteiger partial charge is 0.118 e. The molecule has 0 atom stereocenters. The van der Waals surface area contributed by atoms with E-state index in [9.17, 15) is 5.11 Å². The molecule has 0 amide bonds. The second-order valence-corrected chi connectivity index (χ2v) is 4.51. The first kappa shape index (κ1) is 13.3. The van der Waals surface area contributed by atoms with Gasteiger partial charge in [-0.05, 0) is 36.1 Å². The summed E-state index contributed by atoms with van der Waals surface area (Å²) in [4.78, 5) is 4.33. The summed E-state index contributed by atoms with van der Waals surface area (Å²) in [5.41, 5.74) is 8.26. The standard InChI is InChI=1S/C14H20N2O/c1-10(2)8-16-9-13(7-15)12-4-5-14(17)11(3)6-12/h4-7,9-10,17H,8,15H2,1-3H3. The zero-order valence-electron chi connectivity index (χ0n) is 10.6. The fourth-order valence-electron chi connectivity index (χ4n) is 1.41. The maximum absolute atomic E-state index is 9.46. The van der Waals surface area contributed by atoms with Crippen molar-refractivity contribution >= 4 is 11.8 Å². The van der Waals surface area contributed by atoms with Gasteiger partial charge in [-0.15, -0.1) is 0 Å². The molecule has 0 aliphatic heterocycles. The van der Waals surface area contributed by atoms with E-state index in [1.807, 2.05) is 19.1 Å². The van der Waals surface area contributed by atoms with Crippen LogP contribution in [0.4, 0.5) is 0 Å². The lowest BCUT2D eigenvalue weighted by molar-refractivity contribution is 0.471. The monoisotopic (exact) mass is 232 g/mol. The number of aromatic hydroxyl groups is 1. The topological polar surface area (TPSA) is 58.6 Å². The minimum absolute atomic E-state index is 0.296. The molecular formula is C14H20N2O. The van der Waals surface area contributed by atoms with Gasteiger partial charge in [0.1, 0.15) is 5.75 Å². The van der Waals surface area contributed by atoms with Crippen LogP contribution in [0, 0.1) is 12.8 Å². The minimum Gasteiger partial charge on any atom is -0.508 e. The van der Waals surface area contributed by atoms with E-state index in [4.69, 9.17) is 5.73 Å². The molecule has 1 aromatic rings. The average molecular weight is 232 g/mol. The first-order chi connectivity index (χ1) is 8.04. The van der Waals surface area contributed by atoms with Crippen molar-refractivity contribution in [3.63, 3.8) is 0 Å². The zero-order chi connectivity index (χ0) is 12.8. The van der Waals surface area contributed by atoms with Crippen molar-refractivity contribution in [3.05, 3.63) is 35.5 Å². The number of rotatable bonds is 4. The third kappa shape index (κ3) is 3.94. The summed E-state index contributed by atoms with van der Waals surface area (Å²) in [6, 6.07) is 5.41. The van der Waals surface area contributed by atoms with E-state index in [-0.39, 0.29) is 0 Å². The van der Waals surface area contributed by atoms with Crippen molar-refractivity contribution in [1.29, 1.82) is 0 Å².